The fourth-order valence-corrected chi connectivity index (χ4v) is 5.42. The molecule has 2 unspecified atom stereocenters. The number of hydrogen-bond acceptors (Lipinski definition) is 7. The van der Waals surface area contributed by atoms with E-state index in [1.165, 1.54) is 24.3 Å². The first-order chi connectivity index (χ1) is 21.0. The lowest BCUT2D eigenvalue weighted by Gasteiger charge is -2.22. The van der Waals surface area contributed by atoms with Gasteiger partial charge in [-0.15, -0.1) is 0 Å². The van der Waals surface area contributed by atoms with Gasteiger partial charge in [0, 0.05) is 17.5 Å². The van der Waals surface area contributed by atoms with Gasteiger partial charge in [0.05, 0.1) is 24.3 Å². The highest BCUT2D eigenvalue weighted by Crippen LogP contribution is 2.50. The summed E-state index contributed by atoms with van der Waals surface area (Å²) in [5, 5.41) is 0. The molecule has 6 rings (SSSR count). The van der Waals surface area contributed by atoms with Crippen LogP contribution in [0.3, 0.4) is 0 Å². The number of ether oxygens (including phenoxy) is 5. The number of carbonyl (C=O) groups excluding carboxylic acids is 2. The van der Waals surface area contributed by atoms with Crippen molar-refractivity contribution >= 4 is 11.9 Å². The van der Waals surface area contributed by atoms with Gasteiger partial charge in [-0.3, -0.25) is 0 Å². The molecule has 0 amide bonds. The van der Waals surface area contributed by atoms with E-state index < -0.39 is 29.0 Å². The Balaban J connectivity index is 1.18. The summed E-state index contributed by atoms with van der Waals surface area (Å²) in [6.07, 6.45) is -0.233. The first kappa shape index (κ1) is 29.3. The van der Waals surface area contributed by atoms with Crippen molar-refractivity contribution < 1.29 is 42.1 Å². The Labute approximate surface area is 253 Å². The van der Waals surface area contributed by atoms with Gasteiger partial charge in [0.15, 0.2) is 0 Å². The topological polar surface area (TPSA) is 83.6 Å². The van der Waals surface area contributed by atoms with Crippen LogP contribution in [0.5, 0.6) is 23.0 Å². The maximum absolute atomic E-state index is 14.8. The molecule has 4 aromatic carbocycles. The van der Waals surface area contributed by atoms with Crippen LogP contribution in [0.15, 0.2) is 72.8 Å². The van der Waals surface area contributed by atoms with Gasteiger partial charge < -0.3 is 23.7 Å². The van der Waals surface area contributed by atoms with Crippen molar-refractivity contribution in [2.45, 2.75) is 45.3 Å². The SMILES string of the molecule is CCOc1ccc(C(=O)Oc2ccc3c(c2)C(C)(C)c2cc(OC(=O)c4ccc(OC(C)C5CO5)cc4F)ccc2-3)c(F)c1. The van der Waals surface area contributed by atoms with Gasteiger partial charge in [0.2, 0.25) is 0 Å². The molecule has 1 saturated heterocycles. The summed E-state index contributed by atoms with van der Waals surface area (Å²) in [6.45, 7) is 8.59. The third-order valence-electron chi connectivity index (χ3n) is 7.88. The lowest BCUT2D eigenvalue weighted by molar-refractivity contribution is 0.0719. The molecule has 2 aliphatic rings. The smallest absolute Gasteiger partial charge is 0.346 e. The molecule has 1 aliphatic carbocycles. The van der Waals surface area contributed by atoms with E-state index in [-0.39, 0.29) is 34.8 Å². The highest BCUT2D eigenvalue weighted by Gasteiger charge is 2.37. The average molecular weight is 601 g/mol. The Bertz CT molecular complexity index is 1780. The zero-order valence-electron chi connectivity index (χ0n) is 24.6. The number of rotatable bonds is 9. The monoisotopic (exact) mass is 600 g/mol. The Morgan fingerprint density at radius 2 is 1.27 bits per heavy atom. The minimum Gasteiger partial charge on any atom is -0.494 e. The number of halogens is 2. The number of hydrogen-bond donors (Lipinski definition) is 0. The van der Waals surface area contributed by atoms with Gasteiger partial charge in [-0.2, -0.15) is 0 Å². The minimum atomic E-state index is -0.836. The summed E-state index contributed by atoms with van der Waals surface area (Å²) in [4.78, 5) is 25.7. The van der Waals surface area contributed by atoms with Gasteiger partial charge in [-0.25, -0.2) is 18.4 Å². The van der Waals surface area contributed by atoms with Crippen LogP contribution >= 0.6 is 0 Å². The molecule has 0 N–H and O–H groups in total. The second-order valence-electron chi connectivity index (χ2n) is 11.2. The standard InChI is InChI=1S/C35H30F2O7/c1-5-40-20-6-12-26(30(36)16-20)33(38)43-21-7-10-24-25-11-8-22(15-29(25)35(3,4)28(24)14-21)44-34(39)27-13-9-23(17-31(27)37)42-19(2)32-18-41-32/h6-17,19,32H,5,18H2,1-4H3. The average Bonchev–Trinajstić information content (AvgIpc) is 3.81. The van der Waals surface area contributed by atoms with Crippen LogP contribution in [0.1, 0.15) is 59.5 Å². The normalized spacial score (nSPS) is 16.4. The Morgan fingerprint density at radius 1 is 0.795 bits per heavy atom. The van der Waals surface area contributed by atoms with Crippen molar-refractivity contribution in [2.75, 3.05) is 13.2 Å². The van der Waals surface area contributed by atoms with Gasteiger partial charge >= 0.3 is 11.9 Å². The number of esters is 2. The second-order valence-corrected chi connectivity index (χ2v) is 11.2. The molecule has 1 fully saturated rings. The Kier molecular flexibility index (Phi) is 7.59. The molecule has 7 nitrogen and oxygen atoms in total. The first-order valence-electron chi connectivity index (χ1n) is 14.3. The summed E-state index contributed by atoms with van der Waals surface area (Å²) in [5.74, 6) is -2.01. The second kappa shape index (κ2) is 11.4. The maximum atomic E-state index is 14.8. The van der Waals surface area contributed by atoms with Crippen molar-refractivity contribution in [1.82, 2.24) is 0 Å². The third-order valence-corrected chi connectivity index (χ3v) is 7.88. The predicted molar refractivity (Wildman–Crippen MR) is 158 cm³/mol. The lowest BCUT2D eigenvalue weighted by atomic mass is 9.82. The quantitative estimate of drug-likeness (QED) is 0.113. The van der Waals surface area contributed by atoms with Crippen molar-refractivity contribution in [2.24, 2.45) is 0 Å². The van der Waals surface area contributed by atoms with E-state index in [2.05, 4.69) is 0 Å². The molecule has 0 saturated carbocycles. The summed E-state index contributed by atoms with van der Waals surface area (Å²) in [7, 11) is 0. The van der Waals surface area contributed by atoms with Crippen LogP contribution in [0.2, 0.25) is 0 Å². The fraction of sp³-hybridized carbons (Fsp3) is 0.257. The van der Waals surface area contributed by atoms with E-state index in [1.54, 1.807) is 31.2 Å². The highest BCUT2D eigenvalue weighted by molar-refractivity contribution is 5.93. The van der Waals surface area contributed by atoms with E-state index >= 15 is 0 Å². The van der Waals surface area contributed by atoms with Crippen LogP contribution in [0.25, 0.3) is 11.1 Å². The van der Waals surface area contributed by atoms with Crippen LogP contribution in [0, 0.1) is 11.6 Å². The Morgan fingerprint density at radius 3 is 1.75 bits per heavy atom. The van der Waals surface area contributed by atoms with Crippen LogP contribution < -0.4 is 18.9 Å². The number of epoxide rings is 1. The molecule has 226 valence electrons. The zero-order valence-corrected chi connectivity index (χ0v) is 24.6. The molecular formula is C35H30F2O7. The highest BCUT2D eigenvalue weighted by atomic mass is 19.1. The molecule has 0 bridgehead atoms. The first-order valence-corrected chi connectivity index (χ1v) is 14.3. The van der Waals surface area contributed by atoms with E-state index in [1.807, 2.05) is 32.9 Å². The van der Waals surface area contributed by atoms with Crippen molar-refractivity contribution in [1.29, 1.82) is 0 Å². The van der Waals surface area contributed by atoms with E-state index in [9.17, 15) is 18.4 Å². The van der Waals surface area contributed by atoms with E-state index in [0.717, 1.165) is 34.4 Å². The molecular weight excluding hydrogens is 570 g/mol. The number of benzene rings is 4. The van der Waals surface area contributed by atoms with Crippen molar-refractivity contribution in [3.8, 4) is 34.1 Å². The molecule has 2 atom stereocenters. The molecule has 0 spiro atoms. The summed E-state index contributed by atoms with van der Waals surface area (Å²) in [6, 6.07) is 18.5. The summed E-state index contributed by atoms with van der Waals surface area (Å²) in [5.41, 5.74) is 2.60. The van der Waals surface area contributed by atoms with Crippen LogP contribution in [0.4, 0.5) is 8.78 Å². The molecule has 0 radical (unpaired) electrons. The maximum Gasteiger partial charge on any atom is 0.346 e. The van der Waals surface area contributed by atoms with Gasteiger partial charge in [0.1, 0.15) is 46.8 Å². The molecule has 9 heteroatoms. The van der Waals surface area contributed by atoms with Crippen LogP contribution in [-0.2, 0) is 10.2 Å². The van der Waals surface area contributed by atoms with Crippen LogP contribution in [-0.4, -0.2) is 37.4 Å². The fourth-order valence-electron chi connectivity index (χ4n) is 5.42. The van der Waals surface area contributed by atoms with Gasteiger partial charge in [0.25, 0.3) is 0 Å². The molecule has 4 aromatic rings. The third kappa shape index (κ3) is 5.63. The van der Waals surface area contributed by atoms with Crippen molar-refractivity contribution in [3.63, 3.8) is 0 Å². The molecule has 1 heterocycles. The van der Waals surface area contributed by atoms with Gasteiger partial charge in [-0.05, 0) is 84.6 Å². The molecule has 1 aliphatic heterocycles. The predicted octanol–water partition coefficient (Wildman–Crippen LogP) is 7.27. The van der Waals surface area contributed by atoms with Crippen molar-refractivity contribution in [3.05, 3.63) is 107 Å². The largest absolute Gasteiger partial charge is 0.494 e. The minimum absolute atomic E-state index is 0.00627. The number of carbonyl (C=O) groups is 2. The van der Waals surface area contributed by atoms with E-state index in [0.29, 0.717) is 24.7 Å². The summed E-state index contributed by atoms with van der Waals surface area (Å²) < 4.78 is 56.6. The van der Waals surface area contributed by atoms with Gasteiger partial charge in [-0.1, -0.05) is 26.0 Å². The molecule has 44 heavy (non-hydrogen) atoms. The zero-order chi connectivity index (χ0) is 31.2. The lowest BCUT2D eigenvalue weighted by Crippen LogP contribution is -2.19. The number of fused-ring (bicyclic) bond motifs is 3. The Hall–Kier alpha value is -4.76. The summed E-state index contributed by atoms with van der Waals surface area (Å²) >= 11 is 0. The molecule has 0 aromatic heterocycles. The van der Waals surface area contributed by atoms with E-state index in [4.69, 9.17) is 23.7 Å².